The lowest BCUT2D eigenvalue weighted by atomic mass is 10.1. The van der Waals surface area contributed by atoms with E-state index in [9.17, 15) is 9.18 Å². The number of carbonyl (C=O) groups is 1. The summed E-state index contributed by atoms with van der Waals surface area (Å²) in [5.41, 5.74) is 3.84. The first-order valence-corrected chi connectivity index (χ1v) is 10.1. The van der Waals surface area contributed by atoms with Crippen molar-refractivity contribution in [2.75, 3.05) is 19.0 Å². The van der Waals surface area contributed by atoms with Crippen LogP contribution in [0.1, 0.15) is 27.0 Å². The van der Waals surface area contributed by atoms with Crippen LogP contribution in [0.3, 0.4) is 0 Å². The van der Waals surface area contributed by atoms with Crippen molar-refractivity contribution in [3.63, 3.8) is 0 Å². The number of hydrogen-bond donors (Lipinski definition) is 0. The van der Waals surface area contributed by atoms with Gasteiger partial charge in [0, 0.05) is 30.9 Å². The van der Waals surface area contributed by atoms with Crippen molar-refractivity contribution in [3.8, 4) is 11.5 Å². The molecule has 3 aromatic carbocycles. The number of fused-ring (bicyclic) bond motifs is 1. The van der Waals surface area contributed by atoms with E-state index in [2.05, 4.69) is 0 Å². The summed E-state index contributed by atoms with van der Waals surface area (Å²) >= 11 is 6.07. The van der Waals surface area contributed by atoms with Crippen LogP contribution in [0.2, 0.25) is 5.02 Å². The maximum Gasteiger partial charge on any atom is 0.231 e. The maximum atomic E-state index is 13.2. The van der Waals surface area contributed by atoms with E-state index in [0.717, 1.165) is 16.8 Å². The number of nitrogens with zero attached hydrogens (tertiary/aromatic N) is 1. The summed E-state index contributed by atoms with van der Waals surface area (Å²) < 4.78 is 25.0. The Hall–Kier alpha value is -3.31. The summed E-state index contributed by atoms with van der Waals surface area (Å²) in [7, 11) is 3.94. The molecule has 0 saturated heterocycles. The van der Waals surface area contributed by atoms with E-state index >= 15 is 0 Å². The molecule has 158 valence electrons. The molecule has 4 nitrogen and oxygen atoms in total. The average Bonchev–Trinajstić information content (AvgIpc) is 3.05. The zero-order valence-electron chi connectivity index (χ0n) is 17.4. The molecule has 0 fully saturated rings. The van der Waals surface area contributed by atoms with Gasteiger partial charge >= 0.3 is 0 Å². The van der Waals surface area contributed by atoms with Gasteiger partial charge in [-0.05, 0) is 55.0 Å². The van der Waals surface area contributed by atoms with E-state index in [1.54, 1.807) is 24.3 Å². The van der Waals surface area contributed by atoms with Gasteiger partial charge in [0.2, 0.25) is 5.78 Å². The summed E-state index contributed by atoms with van der Waals surface area (Å²) in [4.78, 5) is 14.8. The highest BCUT2D eigenvalue weighted by Crippen LogP contribution is 2.39. The van der Waals surface area contributed by atoms with E-state index in [-0.39, 0.29) is 18.1 Å². The van der Waals surface area contributed by atoms with Crippen LogP contribution in [0.4, 0.5) is 10.1 Å². The summed E-state index contributed by atoms with van der Waals surface area (Å²) in [6.07, 6.45) is 1.74. The Kier molecular flexibility index (Phi) is 5.70. The summed E-state index contributed by atoms with van der Waals surface area (Å²) in [5.74, 6) is 0.773. The van der Waals surface area contributed by atoms with Crippen LogP contribution in [0.15, 0.2) is 60.4 Å². The van der Waals surface area contributed by atoms with Crippen LogP contribution in [0, 0.1) is 12.7 Å². The highest BCUT2D eigenvalue weighted by atomic mass is 35.5. The van der Waals surface area contributed by atoms with Crippen LogP contribution in [-0.2, 0) is 6.61 Å². The third-order valence-electron chi connectivity index (χ3n) is 5.14. The molecule has 0 bridgehead atoms. The lowest BCUT2D eigenvalue weighted by molar-refractivity contribution is 0.101. The van der Waals surface area contributed by atoms with E-state index in [0.29, 0.717) is 27.6 Å². The van der Waals surface area contributed by atoms with Gasteiger partial charge in [-0.15, -0.1) is 0 Å². The Bertz CT molecular complexity index is 1190. The molecule has 0 unspecified atom stereocenters. The molecule has 0 spiro atoms. The highest BCUT2D eigenvalue weighted by Gasteiger charge is 2.30. The van der Waals surface area contributed by atoms with Crippen molar-refractivity contribution < 1.29 is 18.7 Å². The highest BCUT2D eigenvalue weighted by molar-refractivity contribution is 6.31. The SMILES string of the molecule is Cc1c(OCc2ccc(F)cc2Cl)ccc2c1O/C(=C\c1ccc(N(C)C)cc1)C2=O. The molecule has 1 aliphatic heterocycles. The molecule has 1 heterocycles. The molecule has 4 rings (SSSR count). The largest absolute Gasteiger partial charge is 0.488 e. The van der Waals surface area contributed by atoms with Crippen LogP contribution >= 0.6 is 11.6 Å². The van der Waals surface area contributed by atoms with Crippen LogP contribution in [-0.4, -0.2) is 19.9 Å². The number of carbonyl (C=O) groups excluding carboxylic acids is 1. The molecule has 0 N–H and O–H groups in total. The number of halogens is 2. The molecule has 3 aromatic rings. The average molecular weight is 438 g/mol. The number of rotatable bonds is 5. The minimum atomic E-state index is -0.398. The van der Waals surface area contributed by atoms with Gasteiger partial charge in [0.05, 0.1) is 10.6 Å². The third-order valence-corrected chi connectivity index (χ3v) is 5.49. The van der Waals surface area contributed by atoms with Gasteiger partial charge in [-0.2, -0.15) is 0 Å². The Morgan fingerprint density at radius 1 is 1.10 bits per heavy atom. The van der Waals surface area contributed by atoms with Crippen LogP contribution in [0.25, 0.3) is 6.08 Å². The van der Waals surface area contributed by atoms with Gasteiger partial charge in [-0.3, -0.25) is 4.79 Å². The fourth-order valence-electron chi connectivity index (χ4n) is 3.34. The fourth-order valence-corrected chi connectivity index (χ4v) is 3.56. The number of ketones is 1. The second kappa shape index (κ2) is 8.44. The van der Waals surface area contributed by atoms with Crippen LogP contribution in [0.5, 0.6) is 11.5 Å². The molecule has 0 saturated carbocycles. The van der Waals surface area contributed by atoms with Crippen molar-refractivity contribution in [3.05, 3.63) is 93.5 Å². The van der Waals surface area contributed by atoms with Crippen molar-refractivity contribution in [1.29, 1.82) is 0 Å². The van der Waals surface area contributed by atoms with E-state index < -0.39 is 5.82 Å². The Morgan fingerprint density at radius 2 is 1.84 bits per heavy atom. The molecule has 0 radical (unpaired) electrons. The number of hydrogen-bond acceptors (Lipinski definition) is 4. The number of anilines is 1. The van der Waals surface area contributed by atoms with E-state index in [4.69, 9.17) is 21.1 Å². The maximum absolute atomic E-state index is 13.2. The first-order valence-electron chi connectivity index (χ1n) is 9.75. The molecule has 31 heavy (non-hydrogen) atoms. The fraction of sp³-hybridized carbons (Fsp3) is 0.160. The molecular weight excluding hydrogens is 417 g/mol. The topological polar surface area (TPSA) is 38.8 Å². The molecule has 0 aromatic heterocycles. The predicted molar refractivity (Wildman–Crippen MR) is 121 cm³/mol. The van der Waals surface area contributed by atoms with Crippen molar-refractivity contribution in [2.45, 2.75) is 13.5 Å². The number of Topliss-reactive ketones (excluding diaryl/α,β-unsaturated/α-hetero) is 1. The number of allylic oxidation sites excluding steroid dienone is 1. The molecule has 0 atom stereocenters. The lowest BCUT2D eigenvalue weighted by Crippen LogP contribution is -2.08. The Balaban J connectivity index is 1.54. The third kappa shape index (κ3) is 4.28. The van der Waals surface area contributed by atoms with Gasteiger partial charge in [0.1, 0.15) is 23.9 Å². The smallest absolute Gasteiger partial charge is 0.231 e. The Labute approximate surface area is 185 Å². The summed E-state index contributed by atoms with van der Waals surface area (Å²) in [6, 6.07) is 15.5. The molecular formula is C25H21ClFNO3. The number of ether oxygens (including phenoxy) is 2. The van der Waals surface area contributed by atoms with Crippen molar-refractivity contribution >= 4 is 29.1 Å². The van der Waals surface area contributed by atoms with Gasteiger partial charge in [-0.1, -0.05) is 29.8 Å². The quantitative estimate of drug-likeness (QED) is 0.455. The summed E-state index contributed by atoms with van der Waals surface area (Å²) in [6.45, 7) is 2.01. The van der Waals surface area contributed by atoms with Gasteiger partial charge < -0.3 is 14.4 Å². The predicted octanol–water partition coefficient (Wildman–Crippen LogP) is 6.05. The minimum absolute atomic E-state index is 0.164. The van der Waals surface area contributed by atoms with E-state index in [1.807, 2.05) is 50.2 Å². The second-order valence-electron chi connectivity index (χ2n) is 7.52. The minimum Gasteiger partial charge on any atom is -0.488 e. The van der Waals surface area contributed by atoms with Crippen molar-refractivity contribution in [1.82, 2.24) is 0 Å². The van der Waals surface area contributed by atoms with Gasteiger partial charge in [0.25, 0.3) is 0 Å². The molecule has 6 heteroatoms. The van der Waals surface area contributed by atoms with Crippen molar-refractivity contribution in [2.24, 2.45) is 0 Å². The second-order valence-corrected chi connectivity index (χ2v) is 7.92. The standard InChI is InChI=1S/C25H21ClFNO3/c1-15-22(30-14-17-6-7-18(27)13-21(17)26)11-10-20-24(29)23(31-25(15)20)12-16-4-8-19(9-5-16)28(2)3/h4-13H,14H2,1-3H3/b23-12-. The number of benzene rings is 3. The zero-order chi connectivity index (χ0) is 22.1. The zero-order valence-corrected chi connectivity index (χ0v) is 18.2. The molecule has 1 aliphatic rings. The molecule has 0 amide bonds. The summed E-state index contributed by atoms with van der Waals surface area (Å²) in [5, 5.41) is 0.302. The monoisotopic (exact) mass is 437 g/mol. The van der Waals surface area contributed by atoms with Gasteiger partial charge in [-0.25, -0.2) is 4.39 Å². The first kappa shape index (κ1) is 20.9. The normalized spacial score (nSPS) is 13.8. The lowest BCUT2D eigenvalue weighted by Gasteiger charge is -2.12. The Morgan fingerprint density at radius 3 is 2.52 bits per heavy atom. The van der Waals surface area contributed by atoms with Crippen LogP contribution < -0.4 is 14.4 Å². The van der Waals surface area contributed by atoms with E-state index in [1.165, 1.54) is 12.1 Å². The first-order chi connectivity index (χ1) is 14.8. The van der Waals surface area contributed by atoms with Gasteiger partial charge in [0.15, 0.2) is 5.76 Å². The molecule has 0 aliphatic carbocycles.